The molecule has 0 fully saturated rings. The first-order valence-electron chi connectivity index (χ1n) is 9.04. The first-order chi connectivity index (χ1) is 13.2. The molecule has 1 unspecified atom stereocenters. The van der Waals surface area contributed by atoms with Gasteiger partial charge in [0.2, 0.25) is 0 Å². The van der Waals surface area contributed by atoms with Gasteiger partial charge in [-0.2, -0.15) is 0 Å². The van der Waals surface area contributed by atoms with Crippen molar-refractivity contribution in [3.8, 4) is 0 Å². The van der Waals surface area contributed by atoms with E-state index in [4.69, 9.17) is 14.2 Å². The summed E-state index contributed by atoms with van der Waals surface area (Å²) in [5.41, 5.74) is 1.08. The van der Waals surface area contributed by atoms with Crippen molar-refractivity contribution in [3.05, 3.63) is 83.6 Å². The smallest absolute Gasteiger partial charge is 0.343 e. The van der Waals surface area contributed by atoms with Crippen molar-refractivity contribution in [2.45, 2.75) is 25.4 Å². The van der Waals surface area contributed by atoms with Crippen LogP contribution < -0.4 is 0 Å². The molecule has 1 aliphatic heterocycles. The van der Waals surface area contributed by atoms with Gasteiger partial charge in [-0.25, -0.2) is 9.59 Å². The fourth-order valence-electron chi connectivity index (χ4n) is 2.75. The van der Waals surface area contributed by atoms with Crippen LogP contribution in [0.1, 0.15) is 40.0 Å². The molecule has 0 bridgehead atoms. The molecule has 1 aliphatic rings. The van der Waals surface area contributed by atoms with Crippen molar-refractivity contribution in [1.82, 2.24) is 0 Å². The molecule has 5 heteroatoms. The molecule has 5 nitrogen and oxygen atoms in total. The summed E-state index contributed by atoms with van der Waals surface area (Å²) in [5, 5.41) is 0. The fourth-order valence-corrected chi connectivity index (χ4v) is 2.75. The van der Waals surface area contributed by atoms with Crippen LogP contribution in [0.4, 0.5) is 0 Å². The van der Waals surface area contributed by atoms with E-state index in [1.54, 1.807) is 36.4 Å². The molecule has 2 aromatic rings. The van der Waals surface area contributed by atoms with Crippen LogP contribution >= 0.6 is 0 Å². The summed E-state index contributed by atoms with van der Waals surface area (Å²) in [5.74, 6) is -0.133. The third kappa shape index (κ3) is 5.79. The molecule has 27 heavy (non-hydrogen) atoms. The molecule has 3 rings (SSSR count). The molecule has 0 saturated carbocycles. The van der Waals surface area contributed by atoms with Crippen molar-refractivity contribution >= 4 is 11.9 Å². The van der Waals surface area contributed by atoms with E-state index < -0.39 is 0 Å². The monoisotopic (exact) mass is 366 g/mol. The Morgan fingerprint density at radius 2 is 1.52 bits per heavy atom. The number of unbranched alkanes of at least 4 members (excludes halogenated alkanes) is 1. The largest absolute Gasteiger partial charge is 0.462 e. The molecule has 0 radical (unpaired) electrons. The predicted molar refractivity (Wildman–Crippen MR) is 100 cm³/mol. The summed E-state index contributed by atoms with van der Waals surface area (Å²) in [4.78, 5) is 23.8. The van der Waals surface area contributed by atoms with Gasteiger partial charge in [-0.1, -0.05) is 36.4 Å². The van der Waals surface area contributed by atoms with Crippen LogP contribution in [0.3, 0.4) is 0 Å². The summed E-state index contributed by atoms with van der Waals surface area (Å²) in [6.45, 7) is 0.673. The summed E-state index contributed by atoms with van der Waals surface area (Å²) in [6, 6.07) is 17.8. The van der Waals surface area contributed by atoms with Gasteiger partial charge < -0.3 is 14.2 Å². The Kier molecular flexibility index (Phi) is 6.77. The standard InChI is InChI=1S/C22H22O5/c23-21(17-9-3-1-4-10-17)25-14-8-7-13-19-15-20(16-26-19)27-22(24)18-11-5-2-6-12-18/h1-6,9-12,15,19H,7-8,13-14,16H2. The minimum absolute atomic E-state index is 0.0756. The zero-order valence-corrected chi connectivity index (χ0v) is 15.0. The van der Waals surface area contributed by atoms with Crippen molar-refractivity contribution in [3.63, 3.8) is 0 Å². The molecule has 0 amide bonds. The van der Waals surface area contributed by atoms with E-state index in [0.717, 1.165) is 19.3 Å². The number of carbonyl (C=O) groups excluding carboxylic acids is 2. The predicted octanol–water partition coefficient (Wildman–Crippen LogP) is 4.15. The lowest BCUT2D eigenvalue weighted by Crippen LogP contribution is -2.08. The zero-order valence-electron chi connectivity index (χ0n) is 15.0. The van der Waals surface area contributed by atoms with Gasteiger partial charge in [-0.05, 0) is 49.6 Å². The second kappa shape index (κ2) is 9.69. The lowest BCUT2D eigenvalue weighted by Gasteiger charge is -2.08. The second-order valence-corrected chi connectivity index (χ2v) is 6.24. The molecule has 0 aromatic heterocycles. The van der Waals surface area contributed by atoms with Crippen molar-refractivity contribution in [2.75, 3.05) is 13.2 Å². The lowest BCUT2D eigenvalue weighted by molar-refractivity contribution is 0.0479. The van der Waals surface area contributed by atoms with E-state index in [1.807, 2.05) is 30.3 Å². The van der Waals surface area contributed by atoms with Crippen molar-refractivity contribution in [1.29, 1.82) is 0 Å². The summed E-state index contributed by atoms with van der Waals surface area (Å²) in [6.07, 6.45) is 4.16. The molecular formula is C22H22O5. The Morgan fingerprint density at radius 3 is 2.19 bits per heavy atom. The highest BCUT2D eigenvalue weighted by atomic mass is 16.6. The highest BCUT2D eigenvalue weighted by Gasteiger charge is 2.20. The van der Waals surface area contributed by atoms with Gasteiger partial charge in [-0.15, -0.1) is 0 Å². The van der Waals surface area contributed by atoms with E-state index in [2.05, 4.69) is 0 Å². The summed E-state index contributed by atoms with van der Waals surface area (Å²) < 4.78 is 16.2. The zero-order chi connectivity index (χ0) is 18.9. The first kappa shape index (κ1) is 18.9. The van der Waals surface area contributed by atoms with Crippen molar-refractivity contribution < 1.29 is 23.8 Å². The van der Waals surface area contributed by atoms with E-state index in [1.165, 1.54) is 0 Å². The molecule has 0 N–H and O–H groups in total. The number of rotatable bonds is 8. The maximum Gasteiger partial charge on any atom is 0.343 e. The Hall–Kier alpha value is -2.92. The Labute approximate surface area is 158 Å². The average Bonchev–Trinajstić information content (AvgIpc) is 3.16. The first-order valence-corrected chi connectivity index (χ1v) is 9.04. The maximum absolute atomic E-state index is 12.0. The van der Waals surface area contributed by atoms with Crippen LogP contribution in [-0.4, -0.2) is 31.3 Å². The number of hydrogen-bond donors (Lipinski definition) is 0. The number of carbonyl (C=O) groups is 2. The maximum atomic E-state index is 12.0. The Morgan fingerprint density at radius 1 is 0.889 bits per heavy atom. The molecule has 0 spiro atoms. The van der Waals surface area contributed by atoms with Crippen LogP contribution in [0.5, 0.6) is 0 Å². The van der Waals surface area contributed by atoms with E-state index in [0.29, 0.717) is 30.1 Å². The molecule has 1 atom stereocenters. The third-order valence-corrected chi connectivity index (χ3v) is 4.17. The minimum Gasteiger partial charge on any atom is -0.462 e. The number of ether oxygens (including phenoxy) is 3. The fraction of sp³-hybridized carbons (Fsp3) is 0.273. The quantitative estimate of drug-likeness (QED) is 0.519. The summed E-state index contributed by atoms with van der Waals surface area (Å²) in [7, 11) is 0. The SMILES string of the molecule is O=C(OCCCCC1C=C(OC(=O)c2ccccc2)CO1)c1ccccc1. The molecule has 2 aromatic carbocycles. The van der Waals surface area contributed by atoms with E-state index in [9.17, 15) is 9.59 Å². The molecule has 140 valence electrons. The normalized spacial score (nSPS) is 15.9. The van der Waals surface area contributed by atoms with Gasteiger partial charge in [0.05, 0.1) is 23.8 Å². The third-order valence-electron chi connectivity index (χ3n) is 4.17. The highest BCUT2D eigenvalue weighted by Crippen LogP contribution is 2.19. The van der Waals surface area contributed by atoms with Gasteiger partial charge in [-0.3, -0.25) is 0 Å². The number of benzene rings is 2. The van der Waals surface area contributed by atoms with E-state index in [-0.39, 0.29) is 18.0 Å². The Bertz CT molecular complexity index is 783. The highest BCUT2D eigenvalue weighted by molar-refractivity contribution is 5.90. The van der Waals surface area contributed by atoms with Gasteiger partial charge in [0.25, 0.3) is 0 Å². The topological polar surface area (TPSA) is 61.8 Å². The molecule has 0 aliphatic carbocycles. The molecule has 0 saturated heterocycles. The van der Waals surface area contributed by atoms with E-state index >= 15 is 0 Å². The minimum atomic E-state index is -0.376. The van der Waals surface area contributed by atoms with Crippen LogP contribution in [-0.2, 0) is 14.2 Å². The molecular weight excluding hydrogens is 344 g/mol. The summed E-state index contributed by atoms with van der Waals surface area (Å²) >= 11 is 0. The Balaban J connectivity index is 1.34. The van der Waals surface area contributed by atoms with Crippen LogP contribution in [0.2, 0.25) is 0 Å². The van der Waals surface area contributed by atoms with Gasteiger partial charge in [0.15, 0.2) is 0 Å². The van der Waals surface area contributed by atoms with Crippen molar-refractivity contribution in [2.24, 2.45) is 0 Å². The van der Waals surface area contributed by atoms with Gasteiger partial charge >= 0.3 is 11.9 Å². The average molecular weight is 366 g/mol. The van der Waals surface area contributed by atoms with Gasteiger partial charge in [0.1, 0.15) is 12.4 Å². The number of hydrogen-bond acceptors (Lipinski definition) is 5. The number of esters is 2. The second-order valence-electron chi connectivity index (χ2n) is 6.24. The van der Waals surface area contributed by atoms with Crippen LogP contribution in [0, 0.1) is 0 Å². The molecule has 1 heterocycles. The van der Waals surface area contributed by atoms with Gasteiger partial charge in [0, 0.05) is 0 Å². The van der Waals surface area contributed by atoms with Crippen LogP contribution in [0.15, 0.2) is 72.5 Å². The lowest BCUT2D eigenvalue weighted by atomic mass is 10.1. The van der Waals surface area contributed by atoms with Crippen LogP contribution in [0.25, 0.3) is 0 Å².